The van der Waals surface area contributed by atoms with E-state index in [9.17, 15) is 0 Å². The molecule has 0 amide bonds. The number of aryl methyl sites for hydroxylation is 1. The van der Waals surface area contributed by atoms with Gasteiger partial charge in [-0.3, -0.25) is 4.68 Å². The summed E-state index contributed by atoms with van der Waals surface area (Å²) < 4.78 is 7.25. The van der Waals surface area contributed by atoms with Crippen LogP contribution in [0.25, 0.3) is 0 Å². The largest absolute Gasteiger partial charge is 0.378 e. The second-order valence-electron chi connectivity index (χ2n) is 4.22. The van der Waals surface area contributed by atoms with E-state index in [0.29, 0.717) is 6.10 Å². The van der Waals surface area contributed by atoms with Crippen molar-refractivity contribution in [3.05, 3.63) is 11.9 Å². The first kappa shape index (κ1) is 10.6. The Kier molecular flexibility index (Phi) is 3.33. The Hall–Kier alpha value is -0.940. The van der Waals surface area contributed by atoms with Gasteiger partial charge in [-0.25, -0.2) is 0 Å². The van der Waals surface area contributed by atoms with Crippen molar-refractivity contribution in [2.45, 2.75) is 37.8 Å². The van der Waals surface area contributed by atoms with Crippen LogP contribution in [0.1, 0.15) is 25.0 Å². The van der Waals surface area contributed by atoms with Gasteiger partial charge < -0.3 is 10.5 Å². The van der Waals surface area contributed by atoms with Crippen LogP contribution in [0.2, 0.25) is 0 Å². The van der Waals surface area contributed by atoms with Gasteiger partial charge in [0.15, 0.2) is 0 Å². The third-order valence-corrected chi connectivity index (χ3v) is 2.71. The van der Waals surface area contributed by atoms with E-state index in [1.54, 1.807) is 4.68 Å². The fraction of sp³-hybridized carbons (Fsp3) is 0.800. The third-order valence-electron chi connectivity index (χ3n) is 2.71. The van der Waals surface area contributed by atoms with Crippen molar-refractivity contribution < 1.29 is 4.74 Å². The van der Waals surface area contributed by atoms with Crippen LogP contribution >= 0.6 is 0 Å². The molecule has 2 N–H and O–H groups in total. The summed E-state index contributed by atoms with van der Waals surface area (Å²) in [5.74, 6) is 0. The molecule has 84 valence electrons. The number of hydrogen-bond acceptors (Lipinski definition) is 4. The van der Waals surface area contributed by atoms with E-state index in [0.717, 1.165) is 31.6 Å². The van der Waals surface area contributed by atoms with Crippen LogP contribution in [0.15, 0.2) is 6.20 Å². The van der Waals surface area contributed by atoms with Crippen LogP contribution in [-0.4, -0.2) is 33.7 Å². The van der Waals surface area contributed by atoms with Crippen LogP contribution in [-0.2, 0) is 18.2 Å². The second-order valence-corrected chi connectivity index (χ2v) is 4.22. The van der Waals surface area contributed by atoms with Crippen molar-refractivity contribution >= 4 is 0 Å². The quantitative estimate of drug-likeness (QED) is 0.774. The summed E-state index contributed by atoms with van der Waals surface area (Å²) in [5, 5.41) is 7.90. The fourth-order valence-electron chi connectivity index (χ4n) is 2.01. The van der Waals surface area contributed by atoms with Crippen LogP contribution in [0.5, 0.6) is 0 Å². The molecular formula is C10H18N4O. The van der Waals surface area contributed by atoms with Gasteiger partial charge in [0.2, 0.25) is 0 Å². The van der Waals surface area contributed by atoms with Gasteiger partial charge in [-0.05, 0) is 19.3 Å². The molecule has 5 nitrogen and oxygen atoms in total. The summed E-state index contributed by atoms with van der Waals surface area (Å²) >= 11 is 0. The molecule has 0 saturated carbocycles. The molecule has 0 bridgehead atoms. The maximum Gasteiger partial charge on any atom is 0.0842 e. The van der Waals surface area contributed by atoms with E-state index in [1.807, 2.05) is 13.2 Å². The summed E-state index contributed by atoms with van der Waals surface area (Å²) in [5.41, 5.74) is 7.00. The molecule has 2 unspecified atom stereocenters. The van der Waals surface area contributed by atoms with E-state index in [-0.39, 0.29) is 6.04 Å². The van der Waals surface area contributed by atoms with Gasteiger partial charge in [0.25, 0.3) is 0 Å². The molecule has 15 heavy (non-hydrogen) atoms. The molecule has 1 aliphatic heterocycles. The molecule has 0 aliphatic carbocycles. The molecule has 1 aliphatic rings. The Morgan fingerprint density at radius 1 is 1.73 bits per heavy atom. The highest BCUT2D eigenvalue weighted by Crippen LogP contribution is 2.17. The Morgan fingerprint density at radius 3 is 3.20 bits per heavy atom. The average Bonchev–Trinajstić information content (AvgIpc) is 2.77. The van der Waals surface area contributed by atoms with E-state index >= 15 is 0 Å². The molecule has 1 saturated heterocycles. The summed E-state index contributed by atoms with van der Waals surface area (Å²) in [6.45, 7) is 0.891. The topological polar surface area (TPSA) is 66.0 Å². The smallest absolute Gasteiger partial charge is 0.0842 e. The van der Waals surface area contributed by atoms with E-state index in [4.69, 9.17) is 10.5 Å². The highest BCUT2D eigenvalue weighted by atomic mass is 16.5. The van der Waals surface area contributed by atoms with Crippen LogP contribution in [0, 0.1) is 0 Å². The summed E-state index contributed by atoms with van der Waals surface area (Å²) in [6, 6.07) is 0.129. The van der Waals surface area contributed by atoms with E-state index in [2.05, 4.69) is 10.3 Å². The van der Waals surface area contributed by atoms with Gasteiger partial charge in [-0.2, -0.15) is 0 Å². The minimum Gasteiger partial charge on any atom is -0.378 e. The van der Waals surface area contributed by atoms with Gasteiger partial charge in [-0.1, -0.05) is 5.21 Å². The van der Waals surface area contributed by atoms with Gasteiger partial charge in [0.05, 0.1) is 11.8 Å². The number of ether oxygens (including phenoxy) is 1. The maximum absolute atomic E-state index is 6.04. The zero-order valence-corrected chi connectivity index (χ0v) is 9.09. The van der Waals surface area contributed by atoms with Gasteiger partial charge in [-0.15, -0.1) is 5.10 Å². The van der Waals surface area contributed by atoms with Gasteiger partial charge in [0.1, 0.15) is 0 Å². The Morgan fingerprint density at radius 2 is 2.60 bits per heavy atom. The average molecular weight is 210 g/mol. The molecule has 2 rings (SSSR count). The molecule has 0 spiro atoms. The number of nitrogens with zero attached hydrogens (tertiary/aromatic N) is 3. The lowest BCUT2D eigenvalue weighted by Gasteiger charge is -2.14. The number of rotatable bonds is 4. The first-order valence-electron chi connectivity index (χ1n) is 5.46. The van der Waals surface area contributed by atoms with Crippen LogP contribution in [0.4, 0.5) is 0 Å². The second kappa shape index (κ2) is 4.72. The SMILES string of the molecule is Cn1cc(CC(N)CC2CCCO2)nn1. The number of hydrogen-bond donors (Lipinski definition) is 1. The van der Waals surface area contributed by atoms with Crippen LogP contribution < -0.4 is 5.73 Å². The zero-order chi connectivity index (χ0) is 10.7. The number of nitrogens with two attached hydrogens (primary N) is 1. The molecule has 2 atom stereocenters. The molecule has 1 aromatic rings. The fourth-order valence-corrected chi connectivity index (χ4v) is 2.01. The summed E-state index contributed by atoms with van der Waals surface area (Å²) in [6.07, 6.45) is 6.30. The minimum absolute atomic E-state index is 0.129. The minimum atomic E-state index is 0.129. The predicted molar refractivity (Wildman–Crippen MR) is 56.3 cm³/mol. The van der Waals surface area contributed by atoms with Crippen molar-refractivity contribution in [1.82, 2.24) is 15.0 Å². The Labute approximate surface area is 89.6 Å². The third kappa shape index (κ3) is 3.00. The van der Waals surface area contributed by atoms with Crippen molar-refractivity contribution in [2.24, 2.45) is 12.8 Å². The lowest BCUT2D eigenvalue weighted by atomic mass is 10.0. The first-order chi connectivity index (χ1) is 7.24. The van der Waals surface area contributed by atoms with E-state index in [1.165, 1.54) is 6.42 Å². The molecule has 0 radical (unpaired) electrons. The standard InChI is InChI=1S/C10H18N4O/c1-14-7-9(12-13-14)5-8(11)6-10-3-2-4-15-10/h7-8,10H,2-6,11H2,1H3. The molecule has 2 heterocycles. The van der Waals surface area contributed by atoms with Gasteiger partial charge >= 0.3 is 0 Å². The van der Waals surface area contributed by atoms with Crippen molar-refractivity contribution in [3.8, 4) is 0 Å². The first-order valence-corrected chi connectivity index (χ1v) is 5.46. The highest BCUT2D eigenvalue weighted by molar-refractivity contribution is 4.95. The normalized spacial score (nSPS) is 23.2. The summed E-state index contributed by atoms with van der Waals surface area (Å²) in [4.78, 5) is 0. The van der Waals surface area contributed by atoms with Crippen molar-refractivity contribution in [2.75, 3.05) is 6.61 Å². The van der Waals surface area contributed by atoms with E-state index < -0.39 is 0 Å². The van der Waals surface area contributed by atoms with Crippen molar-refractivity contribution in [1.29, 1.82) is 0 Å². The highest BCUT2D eigenvalue weighted by Gasteiger charge is 2.19. The molecule has 1 fully saturated rings. The lowest BCUT2D eigenvalue weighted by Crippen LogP contribution is -2.28. The predicted octanol–water partition coefficient (Wildman–Crippen LogP) is 0.254. The Bertz CT molecular complexity index is 306. The maximum atomic E-state index is 6.04. The van der Waals surface area contributed by atoms with Gasteiger partial charge in [0, 0.05) is 32.3 Å². The monoisotopic (exact) mass is 210 g/mol. The Balaban J connectivity index is 1.78. The summed E-state index contributed by atoms with van der Waals surface area (Å²) in [7, 11) is 1.86. The molecule has 0 aromatic carbocycles. The zero-order valence-electron chi connectivity index (χ0n) is 9.09. The lowest BCUT2D eigenvalue weighted by molar-refractivity contribution is 0.0982. The molecule has 5 heteroatoms. The van der Waals surface area contributed by atoms with Crippen LogP contribution in [0.3, 0.4) is 0 Å². The molecular weight excluding hydrogens is 192 g/mol. The van der Waals surface area contributed by atoms with Crippen molar-refractivity contribution in [3.63, 3.8) is 0 Å². The number of aromatic nitrogens is 3. The molecule has 1 aromatic heterocycles.